The van der Waals surface area contributed by atoms with Crippen molar-refractivity contribution in [1.82, 2.24) is 30.0 Å². The predicted octanol–water partition coefficient (Wildman–Crippen LogP) is 5.22. The van der Waals surface area contributed by atoms with Gasteiger partial charge < -0.3 is 15.5 Å². The van der Waals surface area contributed by atoms with E-state index in [1.807, 2.05) is 23.9 Å². The average molecular weight is 532 g/mol. The number of aryl methyl sites for hydroxylation is 2. The summed E-state index contributed by atoms with van der Waals surface area (Å²) in [5.74, 6) is 0.328. The lowest BCUT2D eigenvalue weighted by Crippen LogP contribution is -2.35. The van der Waals surface area contributed by atoms with E-state index in [1.165, 1.54) is 0 Å². The van der Waals surface area contributed by atoms with Crippen molar-refractivity contribution in [1.29, 1.82) is 0 Å². The minimum atomic E-state index is -0.190. The zero-order valence-electron chi connectivity index (χ0n) is 22.4. The van der Waals surface area contributed by atoms with Crippen LogP contribution in [0.5, 0.6) is 0 Å². The van der Waals surface area contributed by atoms with Crippen LogP contribution in [0, 0.1) is 13.8 Å². The van der Waals surface area contributed by atoms with Gasteiger partial charge in [-0.2, -0.15) is 5.10 Å². The Hall–Kier alpha value is -3.49. The molecule has 0 atom stereocenters. The number of anilines is 1. The Morgan fingerprint density at radius 3 is 2.68 bits per heavy atom. The van der Waals surface area contributed by atoms with Crippen molar-refractivity contribution in [2.45, 2.75) is 52.7 Å². The molecule has 1 aliphatic rings. The molecule has 1 aliphatic heterocycles. The Balaban J connectivity index is 1.51. The number of carbonyl (C=O) groups excluding carboxylic acids is 1. The Kier molecular flexibility index (Phi) is 7.63. The van der Waals surface area contributed by atoms with Crippen molar-refractivity contribution in [3.63, 3.8) is 0 Å². The highest BCUT2D eigenvalue weighted by molar-refractivity contribution is 6.31. The molecule has 0 spiro atoms. The summed E-state index contributed by atoms with van der Waals surface area (Å²) in [6.45, 7) is 9.39. The number of hydrogen-bond donors (Lipinski definition) is 2. The van der Waals surface area contributed by atoms with E-state index in [9.17, 15) is 4.79 Å². The molecule has 0 aliphatic carbocycles. The van der Waals surface area contributed by atoms with E-state index in [2.05, 4.69) is 47.8 Å². The van der Waals surface area contributed by atoms with Crippen LogP contribution in [0.3, 0.4) is 0 Å². The summed E-state index contributed by atoms with van der Waals surface area (Å²) in [5.41, 5.74) is 6.09. The van der Waals surface area contributed by atoms with Gasteiger partial charge in [0.05, 0.1) is 11.7 Å². The standard InChI is InChI=1S/C29H34ClN7O/c1-5-37-19(3)21(16-32-37)17-36(4)29(38)27-25-15-22(30)6-7-26(25)34-28(35-27)20-12-18(2)13-24(14-20)33-23-8-10-31-11-9-23/h6-7,12-16,23,31,33H,5,8-11,17H2,1-4H3. The maximum absolute atomic E-state index is 13.8. The summed E-state index contributed by atoms with van der Waals surface area (Å²) in [7, 11) is 1.79. The Morgan fingerprint density at radius 2 is 1.95 bits per heavy atom. The molecule has 0 radical (unpaired) electrons. The van der Waals surface area contributed by atoms with E-state index in [4.69, 9.17) is 21.6 Å². The van der Waals surface area contributed by atoms with Crippen LogP contribution in [0.2, 0.25) is 5.02 Å². The molecule has 0 saturated carbocycles. The van der Waals surface area contributed by atoms with Gasteiger partial charge in [0.1, 0.15) is 5.69 Å². The number of nitrogens with one attached hydrogen (secondary N) is 2. The molecular weight excluding hydrogens is 498 g/mol. The second-order valence-corrected chi connectivity index (χ2v) is 10.5. The van der Waals surface area contributed by atoms with Gasteiger partial charge in [0.2, 0.25) is 0 Å². The van der Waals surface area contributed by atoms with E-state index < -0.39 is 0 Å². The number of fused-ring (bicyclic) bond motifs is 1. The Morgan fingerprint density at radius 1 is 1.16 bits per heavy atom. The van der Waals surface area contributed by atoms with Gasteiger partial charge in [0.25, 0.3) is 5.91 Å². The minimum Gasteiger partial charge on any atom is -0.382 e. The Labute approximate surface area is 228 Å². The van der Waals surface area contributed by atoms with Crippen molar-refractivity contribution >= 4 is 34.1 Å². The summed E-state index contributed by atoms with van der Waals surface area (Å²) < 4.78 is 1.93. The molecule has 3 heterocycles. The molecule has 5 rings (SSSR count). The van der Waals surface area contributed by atoms with E-state index >= 15 is 0 Å². The van der Waals surface area contributed by atoms with Crippen LogP contribution in [0.1, 0.15) is 47.1 Å². The average Bonchev–Trinajstić information content (AvgIpc) is 3.26. The molecule has 0 unspecified atom stereocenters. The smallest absolute Gasteiger partial charge is 0.273 e. The van der Waals surface area contributed by atoms with E-state index in [0.29, 0.717) is 40.0 Å². The molecule has 2 aromatic heterocycles. The molecule has 4 aromatic rings. The lowest BCUT2D eigenvalue weighted by atomic mass is 10.0. The first-order valence-corrected chi connectivity index (χ1v) is 13.5. The third-order valence-corrected chi connectivity index (χ3v) is 7.40. The second-order valence-electron chi connectivity index (χ2n) is 10.0. The first-order valence-electron chi connectivity index (χ1n) is 13.2. The molecule has 1 fully saturated rings. The van der Waals surface area contributed by atoms with Crippen LogP contribution in [0.15, 0.2) is 42.6 Å². The van der Waals surface area contributed by atoms with Crippen LogP contribution < -0.4 is 10.6 Å². The number of amides is 1. The topological polar surface area (TPSA) is 88.0 Å². The molecule has 2 N–H and O–H groups in total. The van der Waals surface area contributed by atoms with Crippen LogP contribution in [0.4, 0.5) is 5.69 Å². The van der Waals surface area contributed by atoms with E-state index in [-0.39, 0.29) is 5.91 Å². The van der Waals surface area contributed by atoms with Crippen molar-refractivity contribution in [3.8, 4) is 11.4 Å². The van der Waals surface area contributed by atoms with Crippen LogP contribution in [0.25, 0.3) is 22.3 Å². The first kappa shape index (κ1) is 26.1. The van der Waals surface area contributed by atoms with Gasteiger partial charge in [0, 0.05) is 59.1 Å². The maximum atomic E-state index is 13.8. The van der Waals surface area contributed by atoms with Gasteiger partial charge in [-0.1, -0.05) is 11.6 Å². The third kappa shape index (κ3) is 5.51. The molecule has 1 amide bonds. The first-order chi connectivity index (χ1) is 18.3. The fourth-order valence-corrected chi connectivity index (χ4v) is 5.23. The molecule has 9 heteroatoms. The van der Waals surface area contributed by atoms with Crippen molar-refractivity contribution in [3.05, 3.63) is 70.1 Å². The summed E-state index contributed by atoms with van der Waals surface area (Å²) >= 11 is 6.33. The van der Waals surface area contributed by atoms with Crippen LogP contribution in [-0.2, 0) is 13.1 Å². The number of benzene rings is 2. The SMILES string of the molecule is CCn1ncc(CN(C)C(=O)c2nc(-c3cc(C)cc(NC4CCNCC4)c3)nc3ccc(Cl)cc23)c1C. The summed E-state index contributed by atoms with van der Waals surface area (Å²) in [5, 5.41) is 12.7. The number of nitrogens with zero attached hydrogens (tertiary/aromatic N) is 5. The number of piperidine rings is 1. The van der Waals surface area contributed by atoms with Gasteiger partial charge in [0.15, 0.2) is 5.82 Å². The molecule has 198 valence electrons. The molecule has 0 bridgehead atoms. The summed E-state index contributed by atoms with van der Waals surface area (Å²) in [6, 6.07) is 12.1. The van der Waals surface area contributed by atoms with Crippen LogP contribution in [-0.4, -0.2) is 56.7 Å². The van der Waals surface area contributed by atoms with Crippen molar-refractivity contribution in [2.24, 2.45) is 0 Å². The monoisotopic (exact) mass is 531 g/mol. The van der Waals surface area contributed by atoms with E-state index in [1.54, 1.807) is 24.1 Å². The highest BCUT2D eigenvalue weighted by Crippen LogP contribution is 2.28. The van der Waals surface area contributed by atoms with Gasteiger partial charge in [-0.05, 0) is 88.7 Å². The zero-order chi connectivity index (χ0) is 26.8. The highest BCUT2D eigenvalue weighted by Gasteiger charge is 2.22. The van der Waals surface area contributed by atoms with E-state index in [0.717, 1.165) is 60.5 Å². The lowest BCUT2D eigenvalue weighted by Gasteiger charge is -2.25. The number of rotatable bonds is 7. The zero-order valence-corrected chi connectivity index (χ0v) is 23.1. The summed E-state index contributed by atoms with van der Waals surface area (Å²) in [4.78, 5) is 25.1. The molecule has 8 nitrogen and oxygen atoms in total. The largest absolute Gasteiger partial charge is 0.382 e. The number of hydrogen-bond acceptors (Lipinski definition) is 6. The number of carbonyl (C=O) groups is 1. The molecule has 38 heavy (non-hydrogen) atoms. The molecular formula is C29H34ClN7O. The quantitative estimate of drug-likeness (QED) is 0.340. The number of aromatic nitrogens is 4. The number of halogens is 1. The van der Waals surface area contributed by atoms with Crippen molar-refractivity contribution in [2.75, 3.05) is 25.5 Å². The van der Waals surface area contributed by atoms with Gasteiger partial charge in [-0.3, -0.25) is 9.48 Å². The third-order valence-electron chi connectivity index (χ3n) is 7.16. The maximum Gasteiger partial charge on any atom is 0.273 e. The predicted molar refractivity (Wildman–Crippen MR) is 153 cm³/mol. The normalized spacial score (nSPS) is 14.1. The van der Waals surface area contributed by atoms with Gasteiger partial charge in [-0.15, -0.1) is 0 Å². The van der Waals surface area contributed by atoms with Crippen molar-refractivity contribution < 1.29 is 4.79 Å². The molecule has 2 aromatic carbocycles. The fraction of sp³-hybridized carbons (Fsp3) is 0.379. The fourth-order valence-electron chi connectivity index (χ4n) is 5.06. The summed E-state index contributed by atoms with van der Waals surface area (Å²) in [6.07, 6.45) is 3.99. The van der Waals surface area contributed by atoms with Gasteiger partial charge >= 0.3 is 0 Å². The lowest BCUT2D eigenvalue weighted by molar-refractivity contribution is 0.0781. The highest BCUT2D eigenvalue weighted by atomic mass is 35.5. The molecule has 1 saturated heterocycles. The Bertz CT molecular complexity index is 1480. The minimum absolute atomic E-state index is 0.190. The van der Waals surface area contributed by atoms with Gasteiger partial charge in [-0.25, -0.2) is 9.97 Å². The van der Waals surface area contributed by atoms with Crippen LogP contribution >= 0.6 is 11.6 Å². The second kappa shape index (κ2) is 11.1.